The fourth-order valence-electron chi connectivity index (χ4n) is 1.64. The molecule has 2 nitrogen and oxygen atoms in total. The van der Waals surface area contributed by atoms with E-state index in [1.165, 1.54) is 15.6 Å². The Morgan fingerprint density at radius 2 is 2.22 bits per heavy atom. The first-order valence-electron chi connectivity index (χ1n) is 6.11. The van der Waals surface area contributed by atoms with Gasteiger partial charge in [0.25, 0.3) is 0 Å². The van der Waals surface area contributed by atoms with Gasteiger partial charge in [-0.15, -0.1) is 23.1 Å². The minimum atomic E-state index is 0.859. The highest BCUT2D eigenvalue weighted by Crippen LogP contribution is 2.26. The third-order valence-electron chi connectivity index (χ3n) is 2.69. The van der Waals surface area contributed by atoms with Crippen LogP contribution in [0.4, 0.5) is 5.69 Å². The van der Waals surface area contributed by atoms with E-state index in [4.69, 9.17) is 5.73 Å². The van der Waals surface area contributed by atoms with E-state index in [0.29, 0.717) is 0 Å². The number of aryl methyl sites for hydroxylation is 2. The Kier molecular flexibility index (Phi) is 4.66. The molecule has 0 bridgehead atoms. The maximum Gasteiger partial charge on any atom is 0.0928 e. The van der Waals surface area contributed by atoms with Crippen LogP contribution in [0, 0.1) is 6.92 Å². The van der Waals surface area contributed by atoms with Gasteiger partial charge >= 0.3 is 0 Å². The second-order valence-electron chi connectivity index (χ2n) is 4.29. The van der Waals surface area contributed by atoms with E-state index < -0.39 is 0 Å². The van der Waals surface area contributed by atoms with Gasteiger partial charge in [0.2, 0.25) is 0 Å². The van der Waals surface area contributed by atoms with Crippen LogP contribution in [0.1, 0.15) is 29.6 Å². The van der Waals surface area contributed by atoms with E-state index in [-0.39, 0.29) is 0 Å². The molecule has 0 saturated heterocycles. The smallest absolute Gasteiger partial charge is 0.0928 e. The second kappa shape index (κ2) is 6.25. The maximum atomic E-state index is 5.81. The van der Waals surface area contributed by atoms with Gasteiger partial charge in [0, 0.05) is 21.7 Å². The van der Waals surface area contributed by atoms with Gasteiger partial charge in [-0.25, -0.2) is 4.98 Å². The second-order valence-corrected chi connectivity index (χ2v) is 6.28. The van der Waals surface area contributed by atoms with Crippen LogP contribution in [0.2, 0.25) is 0 Å². The van der Waals surface area contributed by atoms with Gasteiger partial charge < -0.3 is 5.73 Å². The van der Waals surface area contributed by atoms with E-state index in [0.717, 1.165) is 29.8 Å². The summed E-state index contributed by atoms with van der Waals surface area (Å²) in [5, 5.41) is 3.42. The summed E-state index contributed by atoms with van der Waals surface area (Å²) in [6.45, 7) is 4.23. The number of nitrogens with two attached hydrogens (primary N) is 1. The lowest BCUT2D eigenvalue weighted by molar-refractivity contribution is 0.902. The van der Waals surface area contributed by atoms with Crippen LogP contribution in [-0.2, 0) is 12.2 Å². The van der Waals surface area contributed by atoms with Crippen molar-refractivity contribution < 1.29 is 0 Å². The van der Waals surface area contributed by atoms with Gasteiger partial charge in [-0.2, -0.15) is 0 Å². The molecule has 0 amide bonds. The summed E-state index contributed by atoms with van der Waals surface area (Å²) < 4.78 is 0. The molecule has 1 aromatic heterocycles. The van der Waals surface area contributed by atoms with Crippen molar-refractivity contribution in [3.63, 3.8) is 0 Å². The molecule has 96 valence electrons. The van der Waals surface area contributed by atoms with Crippen molar-refractivity contribution in [1.82, 2.24) is 4.98 Å². The van der Waals surface area contributed by atoms with Crippen LogP contribution < -0.4 is 5.73 Å². The predicted octanol–water partition coefficient (Wildman–Crippen LogP) is 4.28. The number of aromatic nitrogens is 1. The molecular weight excluding hydrogens is 260 g/mol. The van der Waals surface area contributed by atoms with Crippen molar-refractivity contribution in [3.8, 4) is 0 Å². The van der Waals surface area contributed by atoms with Gasteiger partial charge in [-0.1, -0.05) is 6.92 Å². The van der Waals surface area contributed by atoms with E-state index >= 15 is 0 Å². The number of nitrogen functional groups attached to an aromatic ring is 1. The first-order chi connectivity index (χ1) is 8.69. The predicted molar refractivity (Wildman–Crippen MR) is 81.3 cm³/mol. The van der Waals surface area contributed by atoms with Crippen LogP contribution in [-0.4, -0.2) is 4.98 Å². The topological polar surface area (TPSA) is 38.9 Å². The van der Waals surface area contributed by atoms with E-state index in [2.05, 4.69) is 29.4 Å². The lowest BCUT2D eigenvalue weighted by Crippen LogP contribution is -1.89. The summed E-state index contributed by atoms with van der Waals surface area (Å²) >= 11 is 3.59. The van der Waals surface area contributed by atoms with Crippen molar-refractivity contribution in [2.45, 2.75) is 37.3 Å². The number of hydrogen-bond acceptors (Lipinski definition) is 4. The zero-order valence-corrected chi connectivity index (χ0v) is 12.4. The van der Waals surface area contributed by atoms with Crippen LogP contribution >= 0.6 is 23.1 Å². The van der Waals surface area contributed by atoms with Crippen molar-refractivity contribution >= 4 is 28.8 Å². The molecule has 2 aromatic rings. The van der Waals surface area contributed by atoms with Crippen molar-refractivity contribution in [2.75, 3.05) is 5.73 Å². The highest BCUT2D eigenvalue weighted by atomic mass is 32.2. The minimum Gasteiger partial charge on any atom is -0.399 e. The Balaban J connectivity index is 1.95. The van der Waals surface area contributed by atoms with Gasteiger partial charge in [-0.05, 0) is 43.5 Å². The molecule has 2 N–H and O–H groups in total. The summed E-state index contributed by atoms with van der Waals surface area (Å²) in [6.07, 6.45) is 2.26. The number of hydrogen-bond donors (Lipinski definition) is 1. The molecule has 0 aliphatic heterocycles. The number of benzene rings is 1. The van der Waals surface area contributed by atoms with Crippen LogP contribution in [0.15, 0.2) is 28.5 Å². The van der Waals surface area contributed by atoms with Crippen molar-refractivity contribution in [3.05, 3.63) is 39.8 Å². The molecule has 0 saturated carbocycles. The van der Waals surface area contributed by atoms with E-state index in [1.54, 1.807) is 11.3 Å². The Labute approximate surface area is 117 Å². The monoisotopic (exact) mass is 278 g/mol. The van der Waals surface area contributed by atoms with E-state index in [1.807, 2.05) is 24.8 Å². The molecule has 2 rings (SSSR count). The molecule has 1 heterocycles. The number of thioether (sulfide) groups is 1. The Morgan fingerprint density at radius 3 is 2.94 bits per heavy atom. The number of thiazole rings is 1. The molecule has 0 spiro atoms. The average Bonchev–Trinajstić information content (AvgIpc) is 2.79. The standard InChI is InChI=1S/C14H18N2S2/c1-3-4-14-16-11(9-18-14)8-17-12-5-6-13(15)10(2)7-12/h5-7,9H,3-4,8,15H2,1-2H3. The Hall–Kier alpha value is -1.00. The molecular formula is C14H18N2S2. The SMILES string of the molecule is CCCc1nc(CSc2ccc(N)c(C)c2)cs1. The lowest BCUT2D eigenvalue weighted by Gasteiger charge is -2.03. The summed E-state index contributed by atoms with van der Waals surface area (Å²) in [5.41, 5.74) is 9.00. The summed E-state index contributed by atoms with van der Waals surface area (Å²) in [7, 11) is 0. The van der Waals surface area contributed by atoms with Gasteiger partial charge in [0.05, 0.1) is 10.7 Å². The lowest BCUT2D eigenvalue weighted by atomic mass is 10.2. The summed E-state index contributed by atoms with van der Waals surface area (Å²) in [6, 6.07) is 6.19. The third kappa shape index (κ3) is 3.50. The van der Waals surface area contributed by atoms with Gasteiger partial charge in [0.15, 0.2) is 0 Å². The summed E-state index contributed by atoms with van der Waals surface area (Å²) in [5.74, 6) is 0.934. The molecule has 0 fully saturated rings. The first kappa shape index (κ1) is 13.4. The fourth-order valence-corrected chi connectivity index (χ4v) is 3.53. The third-order valence-corrected chi connectivity index (χ3v) is 4.68. The molecule has 0 atom stereocenters. The van der Waals surface area contributed by atoms with Crippen molar-refractivity contribution in [2.24, 2.45) is 0 Å². The fraction of sp³-hybridized carbons (Fsp3) is 0.357. The molecule has 18 heavy (non-hydrogen) atoms. The van der Waals surface area contributed by atoms with E-state index in [9.17, 15) is 0 Å². The Morgan fingerprint density at radius 1 is 1.39 bits per heavy atom. The van der Waals surface area contributed by atoms with Crippen LogP contribution in [0.3, 0.4) is 0 Å². The van der Waals surface area contributed by atoms with Crippen LogP contribution in [0.25, 0.3) is 0 Å². The normalized spacial score (nSPS) is 10.8. The Bertz CT molecular complexity index is 520. The summed E-state index contributed by atoms with van der Waals surface area (Å²) in [4.78, 5) is 5.88. The first-order valence-corrected chi connectivity index (χ1v) is 7.97. The quantitative estimate of drug-likeness (QED) is 0.655. The number of rotatable bonds is 5. The molecule has 0 unspecified atom stereocenters. The highest BCUT2D eigenvalue weighted by molar-refractivity contribution is 7.98. The number of nitrogens with zero attached hydrogens (tertiary/aromatic N) is 1. The molecule has 1 aromatic carbocycles. The zero-order valence-electron chi connectivity index (χ0n) is 10.8. The van der Waals surface area contributed by atoms with Gasteiger partial charge in [-0.3, -0.25) is 0 Å². The zero-order chi connectivity index (χ0) is 13.0. The van der Waals surface area contributed by atoms with Crippen LogP contribution in [0.5, 0.6) is 0 Å². The molecule has 0 aliphatic rings. The largest absolute Gasteiger partial charge is 0.399 e. The van der Waals surface area contributed by atoms with Gasteiger partial charge in [0.1, 0.15) is 0 Å². The maximum absolute atomic E-state index is 5.81. The molecule has 0 aliphatic carbocycles. The molecule has 0 radical (unpaired) electrons. The minimum absolute atomic E-state index is 0.859. The average molecular weight is 278 g/mol. The number of anilines is 1. The highest BCUT2D eigenvalue weighted by Gasteiger charge is 2.03. The van der Waals surface area contributed by atoms with Crippen molar-refractivity contribution in [1.29, 1.82) is 0 Å². The molecule has 4 heteroatoms.